The molecular weight excluding hydrogens is 452 g/mol. The molecule has 0 radical (unpaired) electrons. The van der Waals surface area contributed by atoms with E-state index in [1.54, 1.807) is 26.4 Å². The number of thiazole rings is 1. The SMILES string of the molecule is C=CC(=O)N(C)[C@@H](C)C(=O)NCCN(C)c1cc(Nc2ncc(-c3ccncc3)s2)nc(C)n1. The third kappa shape index (κ3) is 6.35. The Bertz CT molecular complexity index is 1150. The largest absolute Gasteiger partial charge is 0.358 e. The quantitative estimate of drug-likeness (QED) is 0.426. The van der Waals surface area contributed by atoms with Gasteiger partial charge in [0.1, 0.15) is 23.5 Å². The van der Waals surface area contributed by atoms with E-state index in [-0.39, 0.29) is 11.8 Å². The molecule has 0 aliphatic heterocycles. The fraction of sp³-hybridized carbons (Fsp3) is 0.304. The van der Waals surface area contributed by atoms with Gasteiger partial charge in [-0.15, -0.1) is 0 Å². The standard InChI is InChI=1S/C23H28N8O2S/c1-6-21(32)31(5)15(2)22(33)25-11-12-30(4)20-13-19(27-16(3)28-20)29-23-26-14-18(34-23)17-7-9-24-10-8-17/h6-10,13-15H,1,11-12H2,2-5H3,(H,25,33)(H,26,27,28,29)/t15-/m0/s1. The number of hydrogen-bond acceptors (Lipinski definition) is 9. The highest BCUT2D eigenvalue weighted by molar-refractivity contribution is 7.18. The second-order valence-corrected chi connectivity index (χ2v) is 8.62. The molecule has 11 heteroatoms. The molecule has 0 saturated heterocycles. The zero-order chi connectivity index (χ0) is 24.7. The monoisotopic (exact) mass is 480 g/mol. The molecule has 0 spiro atoms. The number of anilines is 3. The normalized spacial score (nSPS) is 11.4. The molecule has 178 valence electrons. The molecule has 0 aromatic carbocycles. The molecule has 3 heterocycles. The Balaban J connectivity index is 1.59. The Morgan fingerprint density at radius 3 is 2.68 bits per heavy atom. The predicted octanol–water partition coefficient (Wildman–Crippen LogP) is 2.63. The summed E-state index contributed by atoms with van der Waals surface area (Å²) in [5.74, 6) is 1.42. The zero-order valence-corrected chi connectivity index (χ0v) is 20.5. The fourth-order valence-electron chi connectivity index (χ4n) is 3.02. The second-order valence-electron chi connectivity index (χ2n) is 7.59. The summed E-state index contributed by atoms with van der Waals surface area (Å²) in [6.45, 7) is 7.86. The van der Waals surface area contributed by atoms with Crippen LogP contribution in [0.2, 0.25) is 0 Å². The van der Waals surface area contributed by atoms with Crippen LogP contribution in [0.3, 0.4) is 0 Å². The van der Waals surface area contributed by atoms with Gasteiger partial charge in [0.05, 0.1) is 4.88 Å². The molecule has 3 aromatic rings. The van der Waals surface area contributed by atoms with Crippen molar-refractivity contribution in [3.8, 4) is 10.4 Å². The lowest BCUT2D eigenvalue weighted by Crippen LogP contribution is -2.46. The van der Waals surface area contributed by atoms with Gasteiger partial charge >= 0.3 is 0 Å². The summed E-state index contributed by atoms with van der Waals surface area (Å²) < 4.78 is 0. The van der Waals surface area contributed by atoms with Gasteiger partial charge in [-0.05, 0) is 37.6 Å². The van der Waals surface area contributed by atoms with Crippen molar-refractivity contribution in [2.75, 3.05) is 37.4 Å². The molecule has 0 unspecified atom stereocenters. The van der Waals surface area contributed by atoms with Gasteiger partial charge in [-0.2, -0.15) is 0 Å². The van der Waals surface area contributed by atoms with Crippen LogP contribution in [-0.4, -0.2) is 69.9 Å². The minimum atomic E-state index is -0.594. The summed E-state index contributed by atoms with van der Waals surface area (Å²) in [7, 11) is 3.46. The highest BCUT2D eigenvalue weighted by Crippen LogP contribution is 2.30. The van der Waals surface area contributed by atoms with E-state index in [1.807, 2.05) is 43.3 Å². The molecule has 3 rings (SSSR count). The summed E-state index contributed by atoms with van der Waals surface area (Å²) in [6, 6.07) is 5.12. The lowest BCUT2D eigenvalue weighted by atomic mass is 10.2. The van der Waals surface area contributed by atoms with Crippen LogP contribution >= 0.6 is 11.3 Å². The van der Waals surface area contributed by atoms with Crippen molar-refractivity contribution < 1.29 is 9.59 Å². The number of pyridine rings is 1. The van der Waals surface area contributed by atoms with Crippen LogP contribution in [0.5, 0.6) is 0 Å². The number of carbonyl (C=O) groups excluding carboxylic acids is 2. The van der Waals surface area contributed by atoms with Crippen molar-refractivity contribution in [3.63, 3.8) is 0 Å². The van der Waals surface area contributed by atoms with Gasteiger partial charge in [-0.25, -0.2) is 15.0 Å². The average Bonchev–Trinajstić information content (AvgIpc) is 3.31. The lowest BCUT2D eigenvalue weighted by molar-refractivity contribution is -0.135. The maximum atomic E-state index is 12.3. The second kappa shape index (κ2) is 11.3. The van der Waals surface area contributed by atoms with Crippen LogP contribution < -0.4 is 15.5 Å². The lowest BCUT2D eigenvalue weighted by Gasteiger charge is -2.24. The number of nitrogens with zero attached hydrogens (tertiary/aromatic N) is 6. The summed E-state index contributed by atoms with van der Waals surface area (Å²) in [4.78, 5) is 45.8. The maximum absolute atomic E-state index is 12.3. The molecular formula is C23H28N8O2S. The molecule has 0 aliphatic rings. The van der Waals surface area contributed by atoms with Gasteiger partial charge in [0.15, 0.2) is 5.13 Å². The Kier molecular flexibility index (Phi) is 8.25. The topological polar surface area (TPSA) is 116 Å². The van der Waals surface area contributed by atoms with Crippen LogP contribution in [-0.2, 0) is 9.59 Å². The zero-order valence-electron chi connectivity index (χ0n) is 19.6. The average molecular weight is 481 g/mol. The third-order valence-electron chi connectivity index (χ3n) is 5.15. The summed E-state index contributed by atoms with van der Waals surface area (Å²) in [6.07, 6.45) is 6.50. The highest BCUT2D eigenvalue weighted by Gasteiger charge is 2.20. The van der Waals surface area contributed by atoms with E-state index >= 15 is 0 Å². The molecule has 3 aromatic heterocycles. The summed E-state index contributed by atoms with van der Waals surface area (Å²) in [5, 5.41) is 6.82. The minimum Gasteiger partial charge on any atom is -0.358 e. The van der Waals surface area contributed by atoms with Crippen LogP contribution in [0.25, 0.3) is 10.4 Å². The van der Waals surface area contributed by atoms with E-state index in [9.17, 15) is 9.59 Å². The summed E-state index contributed by atoms with van der Waals surface area (Å²) >= 11 is 1.52. The maximum Gasteiger partial charge on any atom is 0.246 e. The molecule has 0 fully saturated rings. The number of amides is 2. The van der Waals surface area contributed by atoms with Gasteiger partial charge < -0.3 is 20.4 Å². The number of aryl methyl sites for hydroxylation is 1. The van der Waals surface area contributed by atoms with E-state index in [0.29, 0.717) is 30.5 Å². The van der Waals surface area contributed by atoms with Crippen molar-refractivity contribution in [3.05, 3.63) is 55.3 Å². The third-order valence-corrected chi connectivity index (χ3v) is 6.11. The molecule has 2 amide bonds. The first-order chi connectivity index (χ1) is 16.3. The number of hydrogen-bond donors (Lipinski definition) is 2. The molecule has 2 N–H and O–H groups in total. The molecule has 0 aliphatic carbocycles. The van der Waals surface area contributed by atoms with Crippen LogP contribution in [0, 0.1) is 6.92 Å². The summed E-state index contributed by atoms with van der Waals surface area (Å²) in [5.41, 5.74) is 1.05. The van der Waals surface area contributed by atoms with E-state index in [4.69, 9.17) is 0 Å². The predicted molar refractivity (Wildman–Crippen MR) is 134 cm³/mol. The first-order valence-corrected chi connectivity index (χ1v) is 11.5. The molecule has 0 bridgehead atoms. The van der Waals surface area contributed by atoms with Crippen LogP contribution in [0.4, 0.5) is 16.8 Å². The van der Waals surface area contributed by atoms with E-state index in [1.165, 1.54) is 22.3 Å². The van der Waals surface area contributed by atoms with E-state index < -0.39 is 6.04 Å². The Hall–Kier alpha value is -3.86. The van der Waals surface area contributed by atoms with Gasteiger partial charge in [0, 0.05) is 51.8 Å². The molecule has 10 nitrogen and oxygen atoms in total. The van der Waals surface area contributed by atoms with E-state index in [0.717, 1.165) is 15.6 Å². The minimum absolute atomic E-state index is 0.235. The van der Waals surface area contributed by atoms with Gasteiger partial charge in [0.2, 0.25) is 11.8 Å². The van der Waals surface area contributed by atoms with Crippen LogP contribution in [0.1, 0.15) is 12.7 Å². The molecule has 0 saturated carbocycles. The number of nitrogens with one attached hydrogen (secondary N) is 2. The van der Waals surface area contributed by atoms with E-state index in [2.05, 4.69) is 37.1 Å². The van der Waals surface area contributed by atoms with Crippen molar-refractivity contribution in [1.82, 2.24) is 30.2 Å². The number of aromatic nitrogens is 4. The molecule has 1 atom stereocenters. The van der Waals surface area contributed by atoms with Gasteiger partial charge in [0.25, 0.3) is 0 Å². The van der Waals surface area contributed by atoms with Gasteiger partial charge in [-0.3, -0.25) is 14.6 Å². The Labute approximate surface area is 202 Å². The first kappa shape index (κ1) is 24.8. The van der Waals surface area contributed by atoms with Crippen molar-refractivity contribution in [2.24, 2.45) is 0 Å². The number of likely N-dealkylation sites (N-methyl/N-ethyl adjacent to an activating group) is 2. The highest BCUT2D eigenvalue weighted by atomic mass is 32.1. The first-order valence-electron chi connectivity index (χ1n) is 10.7. The smallest absolute Gasteiger partial charge is 0.246 e. The number of rotatable bonds is 10. The number of carbonyl (C=O) groups is 2. The van der Waals surface area contributed by atoms with Crippen LogP contribution in [0.15, 0.2) is 49.4 Å². The van der Waals surface area contributed by atoms with Crippen molar-refractivity contribution in [1.29, 1.82) is 0 Å². The van der Waals surface area contributed by atoms with Crippen molar-refractivity contribution >= 4 is 39.9 Å². The van der Waals surface area contributed by atoms with Gasteiger partial charge in [-0.1, -0.05) is 17.9 Å². The molecule has 34 heavy (non-hydrogen) atoms. The van der Waals surface area contributed by atoms with Crippen molar-refractivity contribution in [2.45, 2.75) is 19.9 Å². The Morgan fingerprint density at radius 2 is 1.97 bits per heavy atom. The fourth-order valence-corrected chi connectivity index (χ4v) is 3.85. The Morgan fingerprint density at radius 1 is 1.24 bits per heavy atom.